The number of carbonyl (C=O) groups excluding carboxylic acids is 1. The van der Waals surface area contributed by atoms with Gasteiger partial charge in [-0.3, -0.25) is 14.3 Å². The third-order valence-corrected chi connectivity index (χ3v) is 6.67. The lowest BCUT2D eigenvalue weighted by atomic mass is 10.1. The van der Waals surface area contributed by atoms with Gasteiger partial charge in [-0.15, -0.1) is 11.3 Å². The first-order valence-corrected chi connectivity index (χ1v) is 11.2. The first-order valence-electron chi connectivity index (χ1n) is 10.3. The van der Waals surface area contributed by atoms with Crippen LogP contribution in [0.1, 0.15) is 26.6 Å². The van der Waals surface area contributed by atoms with Crippen molar-refractivity contribution in [2.75, 3.05) is 5.32 Å². The van der Waals surface area contributed by atoms with Crippen molar-refractivity contribution >= 4 is 34.0 Å². The summed E-state index contributed by atoms with van der Waals surface area (Å²) in [5.41, 5.74) is 3.08. The maximum absolute atomic E-state index is 13.5. The maximum atomic E-state index is 13.5. The number of pyridine rings is 1. The molecule has 33 heavy (non-hydrogen) atoms. The molecule has 0 aliphatic carbocycles. The number of nitrogens with one attached hydrogen (secondary N) is 1. The van der Waals surface area contributed by atoms with Crippen molar-refractivity contribution in [2.45, 2.75) is 20.8 Å². The van der Waals surface area contributed by atoms with E-state index in [1.165, 1.54) is 4.68 Å². The molecule has 0 bridgehead atoms. The van der Waals surface area contributed by atoms with Crippen LogP contribution < -0.4 is 10.9 Å². The van der Waals surface area contributed by atoms with Crippen LogP contribution >= 0.6 is 11.3 Å². The van der Waals surface area contributed by atoms with Crippen LogP contribution in [0.25, 0.3) is 27.4 Å². The first kappa shape index (κ1) is 20.9. The number of hydrogen-bond donors (Lipinski definition) is 1. The van der Waals surface area contributed by atoms with Crippen LogP contribution in [0, 0.1) is 20.8 Å². The van der Waals surface area contributed by atoms with Gasteiger partial charge in [-0.1, -0.05) is 23.4 Å². The summed E-state index contributed by atoms with van der Waals surface area (Å²) in [6, 6.07) is 15.0. The van der Waals surface area contributed by atoms with E-state index in [1.54, 1.807) is 43.0 Å². The summed E-state index contributed by atoms with van der Waals surface area (Å²) in [5, 5.41) is 7.36. The second kappa shape index (κ2) is 7.86. The summed E-state index contributed by atoms with van der Waals surface area (Å²) in [4.78, 5) is 33.3. The smallest absolute Gasteiger partial charge is 0.295 e. The molecule has 0 fully saturated rings. The minimum absolute atomic E-state index is 0.221. The highest BCUT2D eigenvalue weighted by atomic mass is 32.1. The van der Waals surface area contributed by atoms with Gasteiger partial charge in [0.15, 0.2) is 0 Å². The highest BCUT2D eigenvalue weighted by Crippen LogP contribution is 2.31. The Morgan fingerprint density at radius 2 is 1.85 bits per heavy atom. The van der Waals surface area contributed by atoms with Gasteiger partial charge in [-0.25, -0.2) is 9.67 Å². The molecular weight excluding hydrogens is 438 g/mol. The molecular formula is C24H21N5O3S. The van der Waals surface area contributed by atoms with E-state index in [-0.39, 0.29) is 17.0 Å². The normalized spacial score (nSPS) is 11.3. The summed E-state index contributed by atoms with van der Waals surface area (Å²) in [6.07, 6.45) is 0. The van der Waals surface area contributed by atoms with Gasteiger partial charge in [0, 0.05) is 11.9 Å². The Morgan fingerprint density at radius 3 is 2.55 bits per heavy atom. The lowest BCUT2D eigenvalue weighted by Crippen LogP contribution is -2.23. The minimum atomic E-state index is -0.422. The van der Waals surface area contributed by atoms with Crippen LogP contribution in [0.4, 0.5) is 5.69 Å². The monoisotopic (exact) mass is 459 g/mol. The van der Waals surface area contributed by atoms with Gasteiger partial charge in [-0.2, -0.15) is 0 Å². The number of benzene rings is 1. The number of aryl methyl sites for hydroxylation is 2. The van der Waals surface area contributed by atoms with Crippen molar-refractivity contribution in [2.24, 2.45) is 7.05 Å². The summed E-state index contributed by atoms with van der Waals surface area (Å²) >= 11 is 1.58. The van der Waals surface area contributed by atoms with Gasteiger partial charge < -0.3 is 9.84 Å². The number of rotatable bonds is 4. The van der Waals surface area contributed by atoms with Gasteiger partial charge in [-0.05, 0) is 51.1 Å². The summed E-state index contributed by atoms with van der Waals surface area (Å²) in [7, 11) is 1.78. The Kier molecular flexibility index (Phi) is 4.98. The number of hydrogen-bond acceptors (Lipinski definition) is 6. The third-order valence-electron chi connectivity index (χ3n) is 5.65. The number of thiophene rings is 1. The number of amides is 1. The zero-order chi connectivity index (χ0) is 23.3. The Balaban J connectivity index is 1.61. The van der Waals surface area contributed by atoms with Crippen LogP contribution in [0.15, 0.2) is 57.8 Å². The third kappa shape index (κ3) is 3.46. The van der Waals surface area contributed by atoms with E-state index >= 15 is 0 Å². The van der Waals surface area contributed by atoms with Gasteiger partial charge >= 0.3 is 0 Å². The zero-order valence-corrected chi connectivity index (χ0v) is 19.4. The van der Waals surface area contributed by atoms with Crippen molar-refractivity contribution in [3.05, 3.63) is 80.7 Å². The Bertz CT molecular complexity index is 1570. The number of aromatic nitrogens is 4. The highest BCUT2D eigenvalue weighted by Gasteiger charge is 2.23. The molecule has 0 saturated carbocycles. The molecule has 5 aromatic rings. The van der Waals surface area contributed by atoms with Crippen LogP contribution in [-0.4, -0.2) is 25.4 Å². The molecule has 0 atom stereocenters. The summed E-state index contributed by atoms with van der Waals surface area (Å²) < 4.78 is 8.63. The molecule has 1 aromatic carbocycles. The molecule has 4 heterocycles. The van der Waals surface area contributed by atoms with Crippen molar-refractivity contribution in [1.29, 1.82) is 0 Å². The lowest BCUT2D eigenvalue weighted by Gasteiger charge is -2.07. The van der Waals surface area contributed by atoms with Crippen molar-refractivity contribution in [3.63, 3.8) is 0 Å². The van der Waals surface area contributed by atoms with Crippen LogP contribution in [-0.2, 0) is 7.05 Å². The number of anilines is 1. The predicted molar refractivity (Wildman–Crippen MR) is 128 cm³/mol. The molecule has 1 amide bonds. The van der Waals surface area contributed by atoms with E-state index in [0.29, 0.717) is 33.7 Å². The number of carbonyl (C=O) groups is 1. The molecule has 4 aromatic heterocycles. The molecule has 1 N–H and O–H groups in total. The molecule has 0 aliphatic heterocycles. The fourth-order valence-electron chi connectivity index (χ4n) is 3.87. The fourth-order valence-corrected chi connectivity index (χ4v) is 4.69. The second-order valence-corrected chi connectivity index (χ2v) is 9.09. The van der Waals surface area contributed by atoms with Crippen molar-refractivity contribution in [1.82, 2.24) is 19.5 Å². The quantitative estimate of drug-likeness (QED) is 0.423. The Morgan fingerprint density at radius 1 is 1.09 bits per heavy atom. The van der Waals surface area contributed by atoms with Crippen LogP contribution in [0.2, 0.25) is 0 Å². The van der Waals surface area contributed by atoms with E-state index in [9.17, 15) is 9.59 Å². The minimum Gasteiger partial charge on any atom is -0.335 e. The van der Waals surface area contributed by atoms with E-state index in [0.717, 1.165) is 9.75 Å². The molecule has 0 spiro atoms. The topological polar surface area (TPSA) is 95.0 Å². The molecule has 9 heteroatoms. The standard InChI is InChI=1S/C24H21N5O3S/c1-13-10-11-19(33-13)18-12-17(20-14(2)27-32-23(20)25-18)22(30)26-21-15(3)28(4)29(24(21)31)16-8-6-5-7-9-16/h5-12H,1-4H3,(H,26,30). The Labute approximate surface area is 193 Å². The lowest BCUT2D eigenvalue weighted by molar-refractivity contribution is 0.102. The molecule has 0 aliphatic rings. The Hall–Kier alpha value is -3.98. The largest absolute Gasteiger partial charge is 0.335 e. The van der Waals surface area contributed by atoms with Crippen molar-refractivity contribution < 1.29 is 9.32 Å². The highest BCUT2D eigenvalue weighted by molar-refractivity contribution is 7.15. The number of para-hydroxylation sites is 1. The molecule has 0 saturated heterocycles. The number of fused-ring (bicyclic) bond motifs is 1. The molecule has 5 rings (SSSR count). The first-order chi connectivity index (χ1) is 15.8. The van der Waals surface area contributed by atoms with E-state index < -0.39 is 5.91 Å². The van der Waals surface area contributed by atoms with E-state index in [1.807, 2.05) is 49.4 Å². The fraction of sp³-hybridized carbons (Fsp3) is 0.167. The summed E-state index contributed by atoms with van der Waals surface area (Å²) in [5.74, 6) is -0.422. The SMILES string of the molecule is Cc1ccc(-c2cc(C(=O)Nc3c(C)n(C)n(-c4ccccc4)c3=O)c3c(C)noc3n2)s1. The molecule has 0 radical (unpaired) electrons. The van der Waals surface area contributed by atoms with Gasteiger partial charge in [0.2, 0.25) is 0 Å². The predicted octanol–water partition coefficient (Wildman–Crippen LogP) is 4.62. The van der Waals surface area contributed by atoms with E-state index in [4.69, 9.17) is 4.52 Å². The summed E-state index contributed by atoms with van der Waals surface area (Å²) in [6.45, 7) is 5.56. The average Bonchev–Trinajstić information content (AvgIpc) is 3.47. The van der Waals surface area contributed by atoms with Crippen molar-refractivity contribution in [3.8, 4) is 16.3 Å². The van der Waals surface area contributed by atoms with Crippen LogP contribution in [0.3, 0.4) is 0 Å². The van der Waals surface area contributed by atoms with Gasteiger partial charge in [0.05, 0.1) is 38.6 Å². The van der Waals surface area contributed by atoms with E-state index in [2.05, 4.69) is 15.5 Å². The maximum Gasteiger partial charge on any atom is 0.295 e. The van der Waals surface area contributed by atoms with Gasteiger partial charge in [0.25, 0.3) is 17.2 Å². The molecule has 166 valence electrons. The number of nitrogens with zero attached hydrogens (tertiary/aromatic N) is 4. The molecule has 0 unspecified atom stereocenters. The van der Waals surface area contributed by atoms with Crippen LogP contribution in [0.5, 0.6) is 0 Å². The second-order valence-electron chi connectivity index (χ2n) is 7.80. The molecule has 8 nitrogen and oxygen atoms in total. The average molecular weight is 460 g/mol. The zero-order valence-electron chi connectivity index (χ0n) is 18.5. The van der Waals surface area contributed by atoms with Gasteiger partial charge in [0.1, 0.15) is 5.69 Å².